The Bertz CT molecular complexity index is 709. The van der Waals surface area contributed by atoms with Crippen molar-refractivity contribution in [2.45, 2.75) is 51.5 Å². The Labute approximate surface area is 130 Å². The molecule has 1 atom stereocenters. The molecule has 0 N–H and O–H groups in total. The molecule has 0 amide bonds. The van der Waals surface area contributed by atoms with E-state index in [0.717, 1.165) is 23.3 Å². The predicted octanol–water partition coefficient (Wildman–Crippen LogP) is 4.79. The molecule has 0 saturated heterocycles. The van der Waals surface area contributed by atoms with Crippen molar-refractivity contribution in [2.75, 3.05) is 0 Å². The number of nitrogens with zero attached hydrogens (tertiary/aromatic N) is 3. The topological polar surface area (TPSA) is 41.6 Å². The average molecular weight is 302 g/mol. The van der Waals surface area contributed by atoms with Crippen molar-refractivity contribution in [3.05, 3.63) is 29.6 Å². The maximum atomic E-state index is 9.29. The van der Waals surface area contributed by atoms with Gasteiger partial charge < -0.3 is 4.57 Å². The van der Waals surface area contributed by atoms with E-state index in [0.29, 0.717) is 17.5 Å². The maximum absolute atomic E-state index is 9.29. The molecule has 1 heterocycles. The highest BCUT2D eigenvalue weighted by Crippen LogP contribution is 2.45. The van der Waals surface area contributed by atoms with Gasteiger partial charge in [-0.1, -0.05) is 32.8 Å². The highest BCUT2D eigenvalue weighted by Gasteiger charge is 2.35. The van der Waals surface area contributed by atoms with Gasteiger partial charge in [0.15, 0.2) is 0 Å². The molecular formula is C17H20ClN3. The molecule has 21 heavy (non-hydrogen) atoms. The van der Waals surface area contributed by atoms with Gasteiger partial charge in [-0.15, -0.1) is 11.6 Å². The van der Waals surface area contributed by atoms with Crippen molar-refractivity contribution >= 4 is 22.6 Å². The quantitative estimate of drug-likeness (QED) is 0.748. The molecule has 2 aromatic rings. The van der Waals surface area contributed by atoms with E-state index in [1.807, 2.05) is 12.1 Å². The molecule has 1 aliphatic carbocycles. The monoisotopic (exact) mass is 301 g/mol. The number of hydrogen-bond acceptors (Lipinski definition) is 2. The number of hydrogen-bond donors (Lipinski definition) is 0. The number of benzene rings is 1. The summed E-state index contributed by atoms with van der Waals surface area (Å²) in [6.07, 6.45) is 4.90. The van der Waals surface area contributed by atoms with E-state index in [1.54, 1.807) is 0 Å². The summed E-state index contributed by atoms with van der Waals surface area (Å²) in [5.41, 5.74) is 2.70. The molecule has 1 aromatic carbocycles. The number of nitriles is 1. The summed E-state index contributed by atoms with van der Waals surface area (Å²) in [6.45, 7) is 4.66. The lowest BCUT2D eigenvalue weighted by Crippen LogP contribution is -2.31. The largest absolute Gasteiger partial charge is 0.323 e. The van der Waals surface area contributed by atoms with Gasteiger partial charge in [0, 0.05) is 6.04 Å². The summed E-state index contributed by atoms with van der Waals surface area (Å²) in [5, 5.41) is 9.29. The van der Waals surface area contributed by atoms with Crippen LogP contribution in [0, 0.1) is 16.7 Å². The molecule has 4 heteroatoms. The SMILES string of the molecule is CC1(C)CCCCC1n1c(CCl)nc2c(C#N)cccc21. The molecule has 0 spiro atoms. The second-order valence-corrected chi connectivity index (χ2v) is 6.83. The van der Waals surface area contributed by atoms with E-state index in [-0.39, 0.29) is 5.41 Å². The van der Waals surface area contributed by atoms with Crippen LogP contribution in [0.4, 0.5) is 0 Å². The minimum absolute atomic E-state index is 0.231. The van der Waals surface area contributed by atoms with E-state index >= 15 is 0 Å². The molecule has 1 unspecified atom stereocenters. The van der Waals surface area contributed by atoms with Crippen molar-refractivity contribution in [2.24, 2.45) is 5.41 Å². The molecule has 0 aliphatic heterocycles. The van der Waals surface area contributed by atoms with Crippen LogP contribution < -0.4 is 0 Å². The summed E-state index contributed by atoms with van der Waals surface area (Å²) in [4.78, 5) is 4.65. The minimum atomic E-state index is 0.231. The van der Waals surface area contributed by atoms with Crippen LogP contribution in [0.2, 0.25) is 0 Å². The Morgan fingerprint density at radius 2 is 2.24 bits per heavy atom. The Morgan fingerprint density at radius 1 is 1.43 bits per heavy atom. The van der Waals surface area contributed by atoms with E-state index in [4.69, 9.17) is 11.6 Å². The highest BCUT2D eigenvalue weighted by atomic mass is 35.5. The van der Waals surface area contributed by atoms with Gasteiger partial charge in [-0.2, -0.15) is 5.26 Å². The normalized spacial score (nSPS) is 21.3. The molecule has 3 nitrogen and oxygen atoms in total. The molecule has 1 fully saturated rings. The van der Waals surface area contributed by atoms with Crippen LogP contribution >= 0.6 is 11.6 Å². The summed E-state index contributed by atoms with van der Waals surface area (Å²) >= 11 is 6.15. The molecule has 0 radical (unpaired) electrons. The molecule has 3 rings (SSSR count). The van der Waals surface area contributed by atoms with Gasteiger partial charge in [0.1, 0.15) is 17.4 Å². The average Bonchev–Trinajstić information content (AvgIpc) is 2.85. The standard InChI is InChI=1S/C17H20ClN3/c1-17(2)9-4-3-8-14(17)21-13-7-5-6-12(11-19)16(13)20-15(21)10-18/h5-7,14H,3-4,8-10H2,1-2H3. The molecule has 110 valence electrons. The van der Waals surface area contributed by atoms with Crippen LogP contribution in [0.25, 0.3) is 11.0 Å². The number of para-hydroxylation sites is 1. The Hall–Kier alpha value is -1.53. The number of fused-ring (bicyclic) bond motifs is 1. The second kappa shape index (κ2) is 5.35. The lowest BCUT2D eigenvalue weighted by Gasteiger charge is -2.40. The van der Waals surface area contributed by atoms with Crippen molar-refractivity contribution in [1.29, 1.82) is 5.26 Å². The van der Waals surface area contributed by atoms with Gasteiger partial charge in [-0.05, 0) is 30.4 Å². The lowest BCUT2D eigenvalue weighted by atomic mass is 9.73. The first kappa shape index (κ1) is 14.4. The number of halogens is 1. The Balaban J connectivity index is 2.24. The van der Waals surface area contributed by atoms with E-state index < -0.39 is 0 Å². The molecule has 1 aliphatic rings. The van der Waals surface area contributed by atoms with Crippen LogP contribution in [-0.2, 0) is 5.88 Å². The van der Waals surface area contributed by atoms with E-state index in [2.05, 4.69) is 35.5 Å². The van der Waals surface area contributed by atoms with Crippen molar-refractivity contribution < 1.29 is 0 Å². The third-order valence-corrected chi connectivity index (χ3v) is 5.03. The zero-order valence-corrected chi connectivity index (χ0v) is 13.3. The van der Waals surface area contributed by atoms with Gasteiger partial charge in [0.2, 0.25) is 0 Å². The van der Waals surface area contributed by atoms with E-state index in [1.165, 1.54) is 19.3 Å². The van der Waals surface area contributed by atoms with Crippen molar-refractivity contribution in [1.82, 2.24) is 9.55 Å². The van der Waals surface area contributed by atoms with Crippen molar-refractivity contribution in [3.8, 4) is 6.07 Å². The number of rotatable bonds is 2. The lowest BCUT2D eigenvalue weighted by molar-refractivity contribution is 0.145. The second-order valence-electron chi connectivity index (χ2n) is 6.57. The number of aromatic nitrogens is 2. The zero-order valence-electron chi connectivity index (χ0n) is 12.6. The molecule has 1 saturated carbocycles. The van der Waals surface area contributed by atoms with Crippen molar-refractivity contribution in [3.63, 3.8) is 0 Å². The first-order chi connectivity index (χ1) is 10.1. The first-order valence-corrected chi connectivity index (χ1v) is 8.08. The smallest absolute Gasteiger partial charge is 0.125 e. The van der Waals surface area contributed by atoms with Gasteiger partial charge >= 0.3 is 0 Å². The summed E-state index contributed by atoms with van der Waals surface area (Å²) in [6, 6.07) is 8.46. The maximum Gasteiger partial charge on any atom is 0.125 e. The minimum Gasteiger partial charge on any atom is -0.323 e. The summed E-state index contributed by atoms with van der Waals surface area (Å²) < 4.78 is 2.29. The highest BCUT2D eigenvalue weighted by molar-refractivity contribution is 6.16. The Kier molecular flexibility index (Phi) is 3.67. The summed E-state index contributed by atoms with van der Waals surface area (Å²) in [5.74, 6) is 1.26. The fraction of sp³-hybridized carbons (Fsp3) is 0.529. The summed E-state index contributed by atoms with van der Waals surface area (Å²) in [7, 11) is 0. The molecular weight excluding hydrogens is 282 g/mol. The van der Waals surface area contributed by atoms with Gasteiger partial charge in [0.25, 0.3) is 0 Å². The molecule has 1 aromatic heterocycles. The van der Waals surface area contributed by atoms with Gasteiger partial charge in [-0.25, -0.2) is 4.98 Å². The molecule has 0 bridgehead atoms. The van der Waals surface area contributed by atoms with Crippen LogP contribution in [0.3, 0.4) is 0 Å². The van der Waals surface area contributed by atoms with Crippen LogP contribution in [0.1, 0.15) is 57.0 Å². The number of imidazole rings is 1. The predicted molar refractivity (Wildman–Crippen MR) is 85.3 cm³/mol. The van der Waals surface area contributed by atoms with E-state index in [9.17, 15) is 5.26 Å². The third kappa shape index (κ3) is 2.32. The van der Waals surface area contributed by atoms with Crippen LogP contribution in [0.5, 0.6) is 0 Å². The Morgan fingerprint density at radius 3 is 2.90 bits per heavy atom. The third-order valence-electron chi connectivity index (χ3n) is 4.80. The zero-order chi connectivity index (χ0) is 15.0. The van der Waals surface area contributed by atoms with Gasteiger partial charge in [-0.3, -0.25) is 0 Å². The first-order valence-electron chi connectivity index (χ1n) is 7.54. The number of alkyl halides is 1. The fourth-order valence-electron chi connectivity index (χ4n) is 3.65. The van der Waals surface area contributed by atoms with Crippen LogP contribution in [0.15, 0.2) is 18.2 Å². The fourth-order valence-corrected chi connectivity index (χ4v) is 3.84. The van der Waals surface area contributed by atoms with Gasteiger partial charge in [0.05, 0.1) is 17.0 Å². The van der Waals surface area contributed by atoms with Crippen LogP contribution in [-0.4, -0.2) is 9.55 Å².